The number of thiophene rings is 1. The standard InChI is InChI=1S/C14H24N2OS/c1-11(2)14(12-7-6-10-18-12)16-13(17)8-4-3-5-9-15/h6-7,10-11,14H,3-5,8-9,15H2,1-2H3,(H,16,17). The van der Waals surface area contributed by atoms with Crippen molar-refractivity contribution in [3.8, 4) is 0 Å². The fourth-order valence-corrected chi connectivity index (χ4v) is 2.84. The van der Waals surface area contributed by atoms with Crippen molar-refractivity contribution < 1.29 is 4.79 Å². The first-order valence-corrected chi connectivity index (χ1v) is 7.56. The first-order valence-electron chi connectivity index (χ1n) is 6.68. The molecule has 0 aliphatic carbocycles. The summed E-state index contributed by atoms with van der Waals surface area (Å²) in [4.78, 5) is 13.1. The van der Waals surface area contributed by atoms with Crippen molar-refractivity contribution in [2.45, 2.75) is 45.6 Å². The summed E-state index contributed by atoms with van der Waals surface area (Å²) in [5.74, 6) is 0.566. The van der Waals surface area contributed by atoms with Crippen LogP contribution in [-0.2, 0) is 4.79 Å². The second-order valence-electron chi connectivity index (χ2n) is 4.90. The molecule has 3 nitrogen and oxygen atoms in total. The van der Waals surface area contributed by atoms with Crippen LogP contribution < -0.4 is 11.1 Å². The molecule has 0 radical (unpaired) electrons. The summed E-state index contributed by atoms with van der Waals surface area (Å²) in [5.41, 5.74) is 5.43. The molecule has 4 heteroatoms. The molecule has 0 aromatic carbocycles. The van der Waals surface area contributed by atoms with E-state index in [1.807, 2.05) is 6.07 Å². The first kappa shape index (κ1) is 15.2. The van der Waals surface area contributed by atoms with E-state index in [0.29, 0.717) is 18.9 Å². The third kappa shape index (κ3) is 5.19. The lowest BCUT2D eigenvalue weighted by Gasteiger charge is -2.21. The number of nitrogens with two attached hydrogens (primary N) is 1. The average molecular weight is 268 g/mol. The molecule has 3 N–H and O–H groups in total. The molecule has 0 saturated heterocycles. The zero-order chi connectivity index (χ0) is 13.4. The topological polar surface area (TPSA) is 55.1 Å². The molecule has 0 aliphatic rings. The van der Waals surface area contributed by atoms with Gasteiger partial charge in [-0.25, -0.2) is 0 Å². The summed E-state index contributed by atoms with van der Waals surface area (Å²) in [5, 5.41) is 5.19. The third-order valence-electron chi connectivity index (χ3n) is 2.94. The SMILES string of the molecule is CC(C)C(NC(=O)CCCCCN)c1cccs1. The molecule has 1 aromatic heterocycles. The van der Waals surface area contributed by atoms with Crippen molar-refractivity contribution >= 4 is 17.2 Å². The zero-order valence-electron chi connectivity index (χ0n) is 11.3. The molecular formula is C14H24N2OS. The van der Waals surface area contributed by atoms with Crippen LogP contribution in [0.4, 0.5) is 0 Å². The van der Waals surface area contributed by atoms with Gasteiger partial charge in [0, 0.05) is 11.3 Å². The molecule has 18 heavy (non-hydrogen) atoms. The Morgan fingerprint density at radius 1 is 1.39 bits per heavy atom. The monoisotopic (exact) mass is 268 g/mol. The van der Waals surface area contributed by atoms with Gasteiger partial charge in [0.05, 0.1) is 6.04 Å². The lowest BCUT2D eigenvalue weighted by molar-refractivity contribution is -0.122. The van der Waals surface area contributed by atoms with Crippen LogP contribution in [0, 0.1) is 5.92 Å². The normalized spacial score (nSPS) is 12.7. The van der Waals surface area contributed by atoms with Crippen molar-refractivity contribution in [3.63, 3.8) is 0 Å². The third-order valence-corrected chi connectivity index (χ3v) is 3.90. The first-order chi connectivity index (χ1) is 8.65. The minimum atomic E-state index is 0.145. The predicted molar refractivity (Wildman–Crippen MR) is 77.6 cm³/mol. The number of rotatable bonds is 8. The predicted octanol–water partition coefficient (Wildman–Crippen LogP) is 3.08. The molecular weight excluding hydrogens is 244 g/mol. The smallest absolute Gasteiger partial charge is 0.220 e. The van der Waals surface area contributed by atoms with Gasteiger partial charge < -0.3 is 11.1 Å². The van der Waals surface area contributed by atoms with Crippen molar-refractivity contribution in [1.29, 1.82) is 0 Å². The largest absolute Gasteiger partial charge is 0.348 e. The molecule has 0 spiro atoms. The molecule has 1 heterocycles. The highest BCUT2D eigenvalue weighted by Crippen LogP contribution is 2.25. The van der Waals surface area contributed by atoms with Gasteiger partial charge >= 0.3 is 0 Å². The Bertz CT molecular complexity index is 336. The maximum atomic E-state index is 11.9. The molecule has 0 saturated carbocycles. The Hall–Kier alpha value is -0.870. The highest BCUT2D eigenvalue weighted by Gasteiger charge is 2.18. The quantitative estimate of drug-likeness (QED) is 0.712. The number of hydrogen-bond acceptors (Lipinski definition) is 3. The summed E-state index contributed by atoms with van der Waals surface area (Å²) in [6, 6.07) is 4.26. The fourth-order valence-electron chi connectivity index (χ4n) is 1.89. The van der Waals surface area contributed by atoms with Crippen LogP contribution in [0.3, 0.4) is 0 Å². The van der Waals surface area contributed by atoms with E-state index in [1.165, 1.54) is 4.88 Å². The maximum Gasteiger partial charge on any atom is 0.220 e. The van der Waals surface area contributed by atoms with Crippen molar-refractivity contribution in [3.05, 3.63) is 22.4 Å². The van der Waals surface area contributed by atoms with E-state index >= 15 is 0 Å². The second-order valence-corrected chi connectivity index (χ2v) is 5.88. The van der Waals surface area contributed by atoms with Gasteiger partial charge in [0.15, 0.2) is 0 Å². The van der Waals surface area contributed by atoms with Crippen LogP contribution >= 0.6 is 11.3 Å². The Balaban J connectivity index is 2.40. The van der Waals surface area contributed by atoms with Crippen molar-refractivity contribution in [1.82, 2.24) is 5.32 Å². The molecule has 0 fully saturated rings. The van der Waals surface area contributed by atoms with E-state index in [-0.39, 0.29) is 11.9 Å². The molecule has 0 bridgehead atoms. The van der Waals surface area contributed by atoms with Crippen LogP contribution in [0.5, 0.6) is 0 Å². The Kier molecular flexibility index (Phi) is 6.98. The van der Waals surface area contributed by atoms with E-state index in [1.54, 1.807) is 11.3 Å². The molecule has 1 amide bonds. The Morgan fingerprint density at radius 2 is 2.17 bits per heavy atom. The molecule has 102 valence electrons. The van der Waals surface area contributed by atoms with Crippen molar-refractivity contribution in [2.75, 3.05) is 6.54 Å². The highest BCUT2D eigenvalue weighted by molar-refractivity contribution is 7.10. The molecule has 1 aromatic rings. The number of unbranched alkanes of at least 4 members (excludes halogenated alkanes) is 2. The number of carbonyl (C=O) groups excluding carboxylic acids is 1. The molecule has 0 aliphatic heterocycles. The number of nitrogens with one attached hydrogen (secondary N) is 1. The second kappa shape index (κ2) is 8.27. The molecule has 1 atom stereocenters. The van der Waals surface area contributed by atoms with Gasteiger partial charge in [0.1, 0.15) is 0 Å². The number of hydrogen-bond donors (Lipinski definition) is 2. The van der Waals surface area contributed by atoms with Crippen LogP contribution in [0.1, 0.15) is 50.4 Å². The Morgan fingerprint density at radius 3 is 2.72 bits per heavy atom. The van der Waals surface area contributed by atoms with Gasteiger partial charge in [-0.3, -0.25) is 4.79 Å². The maximum absolute atomic E-state index is 11.9. The van der Waals surface area contributed by atoms with Crippen LogP contribution in [-0.4, -0.2) is 12.5 Å². The van der Waals surface area contributed by atoms with Gasteiger partial charge in [-0.1, -0.05) is 26.3 Å². The zero-order valence-corrected chi connectivity index (χ0v) is 12.1. The summed E-state index contributed by atoms with van der Waals surface area (Å²) in [6.45, 7) is 4.99. The van der Waals surface area contributed by atoms with E-state index in [9.17, 15) is 4.79 Å². The molecule has 1 rings (SSSR count). The van der Waals surface area contributed by atoms with E-state index < -0.39 is 0 Å². The fraction of sp³-hybridized carbons (Fsp3) is 0.643. The summed E-state index contributed by atoms with van der Waals surface area (Å²) in [7, 11) is 0. The van der Waals surface area contributed by atoms with Crippen LogP contribution in [0.15, 0.2) is 17.5 Å². The van der Waals surface area contributed by atoms with Crippen LogP contribution in [0.25, 0.3) is 0 Å². The highest BCUT2D eigenvalue weighted by atomic mass is 32.1. The van der Waals surface area contributed by atoms with Crippen LogP contribution in [0.2, 0.25) is 0 Å². The lowest BCUT2D eigenvalue weighted by Crippen LogP contribution is -2.31. The number of carbonyl (C=O) groups is 1. The van der Waals surface area contributed by atoms with E-state index in [0.717, 1.165) is 19.3 Å². The van der Waals surface area contributed by atoms with Gasteiger partial charge in [0.2, 0.25) is 5.91 Å². The van der Waals surface area contributed by atoms with E-state index in [4.69, 9.17) is 5.73 Å². The minimum absolute atomic E-state index is 0.145. The minimum Gasteiger partial charge on any atom is -0.348 e. The molecule has 1 unspecified atom stereocenters. The number of amides is 1. The van der Waals surface area contributed by atoms with Gasteiger partial charge in [-0.15, -0.1) is 11.3 Å². The summed E-state index contributed by atoms with van der Waals surface area (Å²) < 4.78 is 0. The van der Waals surface area contributed by atoms with Gasteiger partial charge in [0.25, 0.3) is 0 Å². The van der Waals surface area contributed by atoms with Gasteiger partial charge in [-0.2, -0.15) is 0 Å². The van der Waals surface area contributed by atoms with Crippen molar-refractivity contribution in [2.24, 2.45) is 11.7 Å². The van der Waals surface area contributed by atoms with Gasteiger partial charge in [-0.05, 0) is 36.8 Å². The lowest BCUT2D eigenvalue weighted by atomic mass is 10.0. The summed E-state index contributed by atoms with van der Waals surface area (Å²) in [6.07, 6.45) is 3.58. The van der Waals surface area contributed by atoms with E-state index in [2.05, 4.69) is 30.6 Å². The average Bonchev–Trinajstić information content (AvgIpc) is 2.85. The summed E-state index contributed by atoms with van der Waals surface area (Å²) >= 11 is 1.70. The Labute approximate surface area is 114 Å².